The Labute approximate surface area is 85.6 Å². The minimum Gasteiger partial charge on any atom is -0.383 e. The van der Waals surface area contributed by atoms with Gasteiger partial charge in [-0.2, -0.15) is 0 Å². The van der Waals surface area contributed by atoms with E-state index < -0.39 is 0 Å². The zero-order valence-electron chi connectivity index (χ0n) is 9.25. The van der Waals surface area contributed by atoms with Crippen molar-refractivity contribution in [2.24, 2.45) is 0 Å². The SMILES string of the molecule is COCC(C)N(C)C(=O)CNC1CC1. The van der Waals surface area contributed by atoms with Gasteiger partial charge in [-0.05, 0) is 19.8 Å². The first-order chi connectivity index (χ1) is 6.65. The van der Waals surface area contributed by atoms with Gasteiger partial charge in [-0.25, -0.2) is 0 Å². The standard InChI is InChI=1S/C10H20N2O2/c1-8(7-14-3)12(2)10(13)6-11-9-4-5-9/h8-9,11H,4-7H2,1-3H3. The zero-order chi connectivity index (χ0) is 10.6. The fraction of sp³-hybridized carbons (Fsp3) is 0.900. The second kappa shape index (κ2) is 5.32. The summed E-state index contributed by atoms with van der Waals surface area (Å²) in [5.74, 6) is 0.140. The molecule has 0 aromatic carbocycles. The van der Waals surface area contributed by atoms with E-state index in [1.165, 1.54) is 12.8 Å². The van der Waals surface area contributed by atoms with Crippen LogP contribution >= 0.6 is 0 Å². The van der Waals surface area contributed by atoms with Crippen LogP contribution in [0.3, 0.4) is 0 Å². The molecular weight excluding hydrogens is 180 g/mol. The van der Waals surface area contributed by atoms with Crippen LogP contribution in [0.15, 0.2) is 0 Å². The van der Waals surface area contributed by atoms with Gasteiger partial charge in [0.25, 0.3) is 0 Å². The number of ether oxygens (including phenoxy) is 1. The van der Waals surface area contributed by atoms with Gasteiger partial charge in [-0.1, -0.05) is 0 Å². The van der Waals surface area contributed by atoms with E-state index in [1.807, 2.05) is 14.0 Å². The van der Waals surface area contributed by atoms with Crippen molar-refractivity contribution in [2.75, 3.05) is 27.3 Å². The summed E-state index contributed by atoms with van der Waals surface area (Å²) in [5, 5.41) is 3.20. The third-order valence-corrected chi connectivity index (χ3v) is 2.58. The first-order valence-corrected chi connectivity index (χ1v) is 5.13. The Hall–Kier alpha value is -0.610. The summed E-state index contributed by atoms with van der Waals surface area (Å²) in [7, 11) is 3.47. The van der Waals surface area contributed by atoms with Crippen LogP contribution < -0.4 is 5.32 Å². The largest absolute Gasteiger partial charge is 0.383 e. The topological polar surface area (TPSA) is 41.6 Å². The number of amides is 1. The van der Waals surface area contributed by atoms with Crippen LogP contribution in [0.2, 0.25) is 0 Å². The molecule has 1 N–H and O–H groups in total. The van der Waals surface area contributed by atoms with Crippen molar-refractivity contribution in [3.63, 3.8) is 0 Å². The molecule has 0 aliphatic heterocycles. The predicted molar refractivity (Wildman–Crippen MR) is 55.1 cm³/mol. The summed E-state index contributed by atoms with van der Waals surface area (Å²) in [6.07, 6.45) is 2.43. The Bertz CT molecular complexity index is 193. The van der Waals surface area contributed by atoms with Gasteiger partial charge in [0.05, 0.1) is 19.2 Å². The van der Waals surface area contributed by atoms with Gasteiger partial charge < -0.3 is 15.0 Å². The highest BCUT2D eigenvalue weighted by Crippen LogP contribution is 2.18. The fourth-order valence-electron chi connectivity index (χ4n) is 1.24. The van der Waals surface area contributed by atoms with Crippen molar-refractivity contribution in [3.05, 3.63) is 0 Å². The molecule has 0 bridgehead atoms. The molecule has 0 radical (unpaired) electrons. The maximum atomic E-state index is 11.6. The monoisotopic (exact) mass is 200 g/mol. The molecule has 0 spiro atoms. The highest BCUT2D eigenvalue weighted by Gasteiger charge is 2.23. The second-order valence-electron chi connectivity index (χ2n) is 3.96. The molecule has 1 amide bonds. The Morgan fingerprint density at radius 3 is 2.79 bits per heavy atom. The number of carbonyl (C=O) groups is 1. The van der Waals surface area contributed by atoms with E-state index in [0.29, 0.717) is 19.2 Å². The number of likely N-dealkylation sites (N-methyl/N-ethyl adjacent to an activating group) is 1. The lowest BCUT2D eigenvalue weighted by atomic mass is 10.3. The fourth-order valence-corrected chi connectivity index (χ4v) is 1.24. The van der Waals surface area contributed by atoms with Crippen molar-refractivity contribution in [1.82, 2.24) is 10.2 Å². The van der Waals surface area contributed by atoms with Gasteiger partial charge in [0, 0.05) is 20.2 Å². The van der Waals surface area contributed by atoms with E-state index >= 15 is 0 Å². The van der Waals surface area contributed by atoms with Crippen LogP contribution in [0.1, 0.15) is 19.8 Å². The Balaban J connectivity index is 2.19. The first-order valence-electron chi connectivity index (χ1n) is 5.13. The Morgan fingerprint density at radius 2 is 2.29 bits per heavy atom. The molecule has 0 aromatic heterocycles. The summed E-state index contributed by atoms with van der Waals surface area (Å²) in [6.45, 7) is 3.03. The molecule has 0 heterocycles. The molecule has 1 unspecified atom stereocenters. The van der Waals surface area contributed by atoms with Crippen LogP contribution in [0.5, 0.6) is 0 Å². The highest BCUT2D eigenvalue weighted by atomic mass is 16.5. The van der Waals surface area contributed by atoms with Gasteiger partial charge >= 0.3 is 0 Å². The molecule has 1 rings (SSSR count). The third kappa shape index (κ3) is 3.64. The minimum atomic E-state index is 0.140. The smallest absolute Gasteiger partial charge is 0.236 e. The van der Waals surface area contributed by atoms with Crippen molar-refractivity contribution in [1.29, 1.82) is 0 Å². The molecule has 1 aliphatic rings. The molecule has 4 nitrogen and oxygen atoms in total. The maximum absolute atomic E-state index is 11.6. The van der Waals surface area contributed by atoms with Crippen molar-refractivity contribution >= 4 is 5.91 Å². The van der Waals surface area contributed by atoms with E-state index in [0.717, 1.165) is 0 Å². The molecule has 1 aliphatic carbocycles. The summed E-state index contributed by atoms with van der Waals surface area (Å²) >= 11 is 0. The Kier molecular flexibility index (Phi) is 4.35. The molecule has 14 heavy (non-hydrogen) atoms. The molecule has 1 atom stereocenters. The first kappa shape index (κ1) is 11.5. The summed E-state index contributed by atoms with van der Waals surface area (Å²) in [4.78, 5) is 13.3. The van der Waals surface area contributed by atoms with E-state index in [4.69, 9.17) is 4.74 Å². The molecule has 1 saturated carbocycles. The lowest BCUT2D eigenvalue weighted by Gasteiger charge is -2.24. The normalized spacial score (nSPS) is 17.9. The average Bonchev–Trinajstić information content (AvgIpc) is 2.97. The zero-order valence-corrected chi connectivity index (χ0v) is 9.25. The predicted octanol–water partition coefficient (Wildman–Crippen LogP) is 0.232. The summed E-state index contributed by atoms with van der Waals surface area (Å²) in [5.41, 5.74) is 0. The number of nitrogens with one attached hydrogen (secondary N) is 1. The number of rotatable bonds is 6. The van der Waals surface area contributed by atoms with Crippen molar-refractivity contribution < 1.29 is 9.53 Å². The van der Waals surface area contributed by atoms with Crippen LogP contribution in [-0.4, -0.2) is 50.2 Å². The molecular formula is C10H20N2O2. The second-order valence-corrected chi connectivity index (χ2v) is 3.96. The van der Waals surface area contributed by atoms with Crippen LogP contribution in [0, 0.1) is 0 Å². The average molecular weight is 200 g/mol. The van der Waals surface area contributed by atoms with E-state index in [1.54, 1.807) is 12.0 Å². The molecule has 0 aromatic rings. The van der Waals surface area contributed by atoms with E-state index in [9.17, 15) is 4.79 Å². The van der Waals surface area contributed by atoms with Gasteiger partial charge in [0.1, 0.15) is 0 Å². The van der Waals surface area contributed by atoms with Gasteiger partial charge in [0.2, 0.25) is 5.91 Å². The van der Waals surface area contributed by atoms with Gasteiger partial charge in [-0.15, -0.1) is 0 Å². The number of methoxy groups -OCH3 is 1. The summed E-state index contributed by atoms with van der Waals surface area (Å²) < 4.78 is 5.00. The van der Waals surface area contributed by atoms with Crippen LogP contribution in [0.25, 0.3) is 0 Å². The molecule has 82 valence electrons. The number of nitrogens with zero attached hydrogens (tertiary/aromatic N) is 1. The van der Waals surface area contributed by atoms with Gasteiger partial charge in [0.15, 0.2) is 0 Å². The van der Waals surface area contributed by atoms with Crippen molar-refractivity contribution in [2.45, 2.75) is 31.8 Å². The molecule has 4 heteroatoms. The number of hydrogen-bond acceptors (Lipinski definition) is 3. The number of carbonyl (C=O) groups excluding carboxylic acids is 1. The number of hydrogen-bond donors (Lipinski definition) is 1. The highest BCUT2D eigenvalue weighted by molar-refractivity contribution is 5.78. The molecule has 0 saturated heterocycles. The maximum Gasteiger partial charge on any atom is 0.236 e. The quantitative estimate of drug-likeness (QED) is 0.667. The van der Waals surface area contributed by atoms with Crippen LogP contribution in [0.4, 0.5) is 0 Å². The van der Waals surface area contributed by atoms with Crippen molar-refractivity contribution in [3.8, 4) is 0 Å². The van der Waals surface area contributed by atoms with Crippen LogP contribution in [-0.2, 0) is 9.53 Å². The Morgan fingerprint density at radius 1 is 1.64 bits per heavy atom. The minimum absolute atomic E-state index is 0.140. The van der Waals surface area contributed by atoms with E-state index in [-0.39, 0.29) is 11.9 Å². The van der Waals surface area contributed by atoms with Gasteiger partial charge in [-0.3, -0.25) is 4.79 Å². The lowest BCUT2D eigenvalue weighted by molar-refractivity contribution is -0.131. The molecule has 1 fully saturated rings. The summed E-state index contributed by atoms with van der Waals surface area (Å²) in [6, 6.07) is 0.735. The van der Waals surface area contributed by atoms with E-state index in [2.05, 4.69) is 5.32 Å². The third-order valence-electron chi connectivity index (χ3n) is 2.58. The lowest BCUT2D eigenvalue weighted by Crippen LogP contribution is -2.42.